The molecule has 1 aliphatic carbocycles. The van der Waals surface area contributed by atoms with Crippen molar-refractivity contribution in [3.63, 3.8) is 0 Å². The van der Waals surface area contributed by atoms with Gasteiger partial charge in [-0.05, 0) is 100 Å². The molecular weight excluding hydrogens is 805 g/mol. The van der Waals surface area contributed by atoms with Crippen molar-refractivity contribution in [1.82, 2.24) is 19.1 Å². The second kappa shape index (κ2) is 14.1. The monoisotopic (exact) mass is 852 g/mol. The van der Waals surface area contributed by atoms with E-state index in [2.05, 4.69) is 177 Å². The van der Waals surface area contributed by atoms with Gasteiger partial charge in [-0.2, -0.15) is 4.98 Å². The molecular formula is C61H48N4O. The minimum absolute atomic E-state index is 0.109. The van der Waals surface area contributed by atoms with Gasteiger partial charge in [-0.3, -0.25) is 0 Å². The van der Waals surface area contributed by atoms with Crippen LogP contribution in [0.1, 0.15) is 52.2 Å². The minimum atomic E-state index is 0.109. The Morgan fingerprint density at radius 3 is 1.80 bits per heavy atom. The third-order valence-corrected chi connectivity index (χ3v) is 15.1. The fourth-order valence-corrected chi connectivity index (χ4v) is 11.4. The van der Waals surface area contributed by atoms with Crippen LogP contribution >= 0.6 is 0 Å². The predicted molar refractivity (Wildman–Crippen MR) is 274 cm³/mol. The number of benzene rings is 8. The highest BCUT2D eigenvalue weighted by atomic mass is 16.3. The summed E-state index contributed by atoms with van der Waals surface area (Å²) < 4.78 is 11.2. The summed E-state index contributed by atoms with van der Waals surface area (Å²) >= 11 is 0. The molecule has 1 unspecified atom stereocenters. The summed E-state index contributed by atoms with van der Waals surface area (Å²) in [6, 6.07) is 65.9. The summed E-state index contributed by atoms with van der Waals surface area (Å²) in [5.41, 5.74) is 16.8. The van der Waals surface area contributed by atoms with Crippen molar-refractivity contribution in [3.05, 3.63) is 193 Å². The Kier molecular flexibility index (Phi) is 8.27. The van der Waals surface area contributed by atoms with Crippen LogP contribution in [0, 0.1) is 5.92 Å². The van der Waals surface area contributed by atoms with Crippen molar-refractivity contribution in [1.29, 1.82) is 0 Å². The maximum atomic E-state index is 6.36. The second-order valence-electron chi connectivity index (χ2n) is 19.7. The molecule has 4 heterocycles. The molecule has 0 amide bonds. The van der Waals surface area contributed by atoms with Gasteiger partial charge in [0, 0.05) is 49.4 Å². The lowest BCUT2D eigenvalue weighted by Crippen LogP contribution is -2.40. The highest BCUT2D eigenvalue weighted by Gasteiger charge is 2.42. The summed E-state index contributed by atoms with van der Waals surface area (Å²) in [7, 11) is 0. The molecule has 0 radical (unpaired) electrons. The highest BCUT2D eigenvalue weighted by molar-refractivity contribution is 6.19. The van der Waals surface area contributed by atoms with Gasteiger partial charge in [-0.25, -0.2) is 4.98 Å². The molecule has 8 aromatic carbocycles. The molecule has 0 spiro atoms. The maximum absolute atomic E-state index is 6.36. The molecule has 318 valence electrons. The summed E-state index contributed by atoms with van der Waals surface area (Å²) in [5.74, 6) is 1.25. The van der Waals surface area contributed by atoms with Crippen LogP contribution < -0.4 is 0 Å². The zero-order valence-electron chi connectivity index (χ0n) is 37.8. The van der Waals surface area contributed by atoms with Gasteiger partial charge in [0.2, 0.25) is 5.71 Å². The molecule has 1 aliphatic rings. The van der Waals surface area contributed by atoms with Crippen LogP contribution in [0.5, 0.6) is 0 Å². The Morgan fingerprint density at radius 2 is 1.08 bits per heavy atom. The van der Waals surface area contributed by atoms with Gasteiger partial charge in [0.1, 0.15) is 5.58 Å². The third kappa shape index (κ3) is 5.72. The summed E-state index contributed by atoms with van der Waals surface area (Å²) in [4.78, 5) is 10.2. The average molecular weight is 853 g/mol. The first kappa shape index (κ1) is 38.7. The summed E-state index contributed by atoms with van der Waals surface area (Å²) in [6.45, 7) is 12.1. The quantitative estimate of drug-likeness (QED) is 0.173. The Morgan fingerprint density at radius 1 is 0.470 bits per heavy atom. The molecule has 0 saturated heterocycles. The number of furan rings is 1. The normalized spacial score (nSPS) is 15.7. The number of para-hydroxylation sites is 3. The van der Waals surface area contributed by atoms with E-state index in [1.165, 1.54) is 61.3 Å². The third-order valence-electron chi connectivity index (χ3n) is 15.1. The highest BCUT2D eigenvalue weighted by Crippen LogP contribution is 2.50. The first-order valence-electron chi connectivity index (χ1n) is 23.2. The Bertz CT molecular complexity index is 3920. The molecule has 12 aromatic rings. The van der Waals surface area contributed by atoms with Crippen LogP contribution in [-0.2, 0) is 10.8 Å². The molecule has 0 saturated carbocycles. The zero-order valence-corrected chi connectivity index (χ0v) is 37.8. The van der Waals surface area contributed by atoms with E-state index in [9.17, 15) is 0 Å². The summed E-state index contributed by atoms with van der Waals surface area (Å²) in [6.07, 6.45) is 1.18. The topological polar surface area (TPSA) is 48.8 Å². The van der Waals surface area contributed by atoms with Crippen LogP contribution in [0.25, 0.3) is 111 Å². The van der Waals surface area contributed by atoms with Crippen molar-refractivity contribution in [3.8, 4) is 45.1 Å². The SMILES string of the molecule is CC1CC(C)(C)c2cc(-c3cccc(-n4c5ccccc5c5cc6c7ccccc7n(-c7ccc(-c8nc(-c9ccccc9)nc9oc%10ccccc%10c89)cc7)c6cc54)c3)ccc2C1(C)C. The van der Waals surface area contributed by atoms with Gasteiger partial charge < -0.3 is 13.6 Å². The van der Waals surface area contributed by atoms with E-state index >= 15 is 0 Å². The number of nitrogens with zero attached hydrogens (tertiary/aromatic N) is 4. The van der Waals surface area contributed by atoms with Crippen molar-refractivity contribution in [2.75, 3.05) is 0 Å². The van der Waals surface area contributed by atoms with Crippen molar-refractivity contribution >= 4 is 65.7 Å². The van der Waals surface area contributed by atoms with Crippen LogP contribution in [0.4, 0.5) is 0 Å². The Labute approximate surface area is 383 Å². The second-order valence-corrected chi connectivity index (χ2v) is 19.7. The first-order chi connectivity index (χ1) is 32.1. The van der Waals surface area contributed by atoms with Gasteiger partial charge >= 0.3 is 0 Å². The van der Waals surface area contributed by atoms with E-state index in [-0.39, 0.29) is 10.8 Å². The van der Waals surface area contributed by atoms with E-state index in [0.29, 0.717) is 17.5 Å². The standard InChI is InChI=1S/C61H48N4O/c1-37-36-60(2,3)50-33-41(28-31-49(50)61(37,4)5)40-18-15-19-43(32-40)65-52-24-13-10-21-45(52)48-34-47-44-20-9-12-23-51(44)64(53(47)35-54(48)65)42-29-26-38(27-30-42)57-56-46-22-11-14-25-55(46)66-59(56)63-58(62-57)39-16-7-6-8-17-39/h6-35,37H,36H2,1-5H3. The van der Waals surface area contributed by atoms with Crippen molar-refractivity contribution < 1.29 is 4.42 Å². The van der Waals surface area contributed by atoms with E-state index in [0.717, 1.165) is 55.6 Å². The number of aromatic nitrogens is 4. The van der Waals surface area contributed by atoms with Crippen molar-refractivity contribution in [2.45, 2.75) is 51.9 Å². The smallest absolute Gasteiger partial charge is 0.231 e. The maximum Gasteiger partial charge on any atom is 0.231 e. The number of hydrogen-bond donors (Lipinski definition) is 0. The van der Waals surface area contributed by atoms with Crippen molar-refractivity contribution in [2.24, 2.45) is 5.92 Å². The number of hydrogen-bond acceptors (Lipinski definition) is 3. The predicted octanol–water partition coefficient (Wildman–Crippen LogP) is 16.2. The van der Waals surface area contributed by atoms with Gasteiger partial charge in [0.25, 0.3) is 0 Å². The van der Waals surface area contributed by atoms with E-state index < -0.39 is 0 Å². The lowest BCUT2D eigenvalue weighted by atomic mass is 9.58. The van der Waals surface area contributed by atoms with Gasteiger partial charge in [-0.1, -0.05) is 162 Å². The lowest BCUT2D eigenvalue weighted by Gasteiger charge is -2.46. The Hall–Kier alpha value is -7.76. The molecule has 0 N–H and O–H groups in total. The number of fused-ring (bicyclic) bond motifs is 10. The molecule has 0 fully saturated rings. The fourth-order valence-electron chi connectivity index (χ4n) is 11.4. The van der Waals surface area contributed by atoms with E-state index in [4.69, 9.17) is 14.4 Å². The number of rotatable bonds is 5. The molecule has 5 nitrogen and oxygen atoms in total. The average Bonchev–Trinajstić information content (AvgIpc) is 4.00. The molecule has 0 bridgehead atoms. The molecule has 4 aromatic heterocycles. The fraction of sp³-hybridized carbons (Fsp3) is 0.148. The van der Waals surface area contributed by atoms with Crippen LogP contribution in [0.15, 0.2) is 186 Å². The molecule has 5 heteroatoms. The minimum Gasteiger partial charge on any atom is -0.438 e. The van der Waals surface area contributed by atoms with Gasteiger partial charge in [0.05, 0.1) is 33.1 Å². The molecule has 0 aliphatic heterocycles. The Balaban J connectivity index is 0.981. The molecule has 13 rings (SSSR count). The van der Waals surface area contributed by atoms with E-state index in [1.54, 1.807) is 0 Å². The summed E-state index contributed by atoms with van der Waals surface area (Å²) in [5, 5.41) is 6.85. The lowest BCUT2D eigenvalue weighted by molar-refractivity contribution is 0.233. The van der Waals surface area contributed by atoms with Gasteiger partial charge in [0.15, 0.2) is 5.82 Å². The van der Waals surface area contributed by atoms with Gasteiger partial charge in [-0.15, -0.1) is 0 Å². The first-order valence-corrected chi connectivity index (χ1v) is 23.2. The zero-order chi connectivity index (χ0) is 44.5. The molecule has 66 heavy (non-hydrogen) atoms. The van der Waals surface area contributed by atoms with Crippen LogP contribution in [-0.4, -0.2) is 19.1 Å². The largest absolute Gasteiger partial charge is 0.438 e. The molecule has 1 atom stereocenters. The van der Waals surface area contributed by atoms with Crippen LogP contribution in [0.3, 0.4) is 0 Å². The van der Waals surface area contributed by atoms with E-state index in [1.807, 2.05) is 48.5 Å². The van der Waals surface area contributed by atoms with Crippen LogP contribution in [0.2, 0.25) is 0 Å².